The highest BCUT2D eigenvalue weighted by Gasteiger charge is 2.37. The SMILES string of the molecule is FC1(F)CCN(Cc2cncc(-c3cc4c(-c5nc6ccccc6[nH]5)n[nH]c4cn3)c2)C1. The van der Waals surface area contributed by atoms with Gasteiger partial charge in [-0.25, -0.2) is 13.8 Å². The summed E-state index contributed by atoms with van der Waals surface area (Å²) in [6.07, 6.45) is 5.09. The highest BCUT2D eigenvalue weighted by Crippen LogP contribution is 2.30. The summed E-state index contributed by atoms with van der Waals surface area (Å²) < 4.78 is 27.0. The Kier molecular flexibility index (Phi) is 4.25. The van der Waals surface area contributed by atoms with E-state index in [2.05, 4.69) is 30.1 Å². The van der Waals surface area contributed by atoms with Crippen molar-refractivity contribution >= 4 is 21.9 Å². The first kappa shape index (κ1) is 19.0. The maximum Gasteiger partial charge on any atom is 0.261 e. The monoisotopic (exact) mass is 431 g/mol. The fourth-order valence-electron chi connectivity index (χ4n) is 4.23. The molecule has 6 rings (SSSR count). The number of aromatic amines is 2. The first-order chi connectivity index (χ1) is 15.5. The van der Waals surface area contributed by atoms with E-state index in [0.29, 0.717) is 24.6 Å². The number of benzene rings is 1. The fraction of sp³-hybridized carbons (Fsp3) is 0.217. The van der Waals surface area contributed by atoms with Gasteiger partial charge in [0, 0.05) is 42.9 Å². The Balaban J connectivity index is 1.34. The van der Waals surface area contributed by atoms with Gasteiger partial charge >= 0.3 is 0 Å². The molecule has 5 heterocycles. The Labute approximate surface area is 181 Å². The first-order valence-corrected chi connectivity index (χ1v) is 10.4. The van der Waals surface area contributed by atoms with Crippen LogP contribution in [0.5, 0.6) is 0 Å². The van der Waals surface area contributed by atoms with Gasteiger partial charge < -0.3 is 4.98 Å². The van der Waals surface area contributed by atoms with Crippen LogP contribution < -0.4 is 0 Å². The van der Waals surface area contributed by atoms with E-state index < -0.39 is 5.92 Å². The van der Waals surface area contributed by atoms with Gasteiger partial charge in [0.1, 0.15) is 5.69 Å². The second-order valence-corrected chi connectivity index (χ2v) is 8.19. The van der Waals surface area contributed by atoms with Crippen molar-refractivity contribution in [1.29, 1.82) is 0 Å². The Morgan fingerprint density at radius 2 is 1.97 bits per heavy atom. The van der Waals surface area contributed by atoms with Crippen LogP contribution in [-0.4, -0.2) is 54.0 Å². The number of nitrogens with zero attached hydrogens (tertiary/aromatic N) is 5. The quantitative estimate of drug-likeness (QED) is 0.440. The van der Waals surface area contributed by atoms with Gasteiger partial charge in [-0.2, -0.15) is 5.10 Å². The molecule has 0 unspecified atom stereocenters. The Morgan fingerprint density at radius 1 is 1.06 bits per heavy atom. The molecule has 0 atom stereocenters. The van der Waals surface area contributed by atoms with Crippen LogP contribution >= 0.6 is 0 Å². The van der Waals surface area contributed by atoms with Gasteiger partial charge in [-0.15, -0.1) is 0 Å². The molecule has 2 N–H and O–H groups in total. The van der Waals surface area contributed by atoms with Crippen LogP contribution in [0.25, 0.3) is 44.7 Å². The third kappa shape index (κ3) is 3.40. The molecule has 160 valence electrons. The van der Waals surface area contributed by atoms with Crippen molar-refractivity contribution in [1.82, 2.24) is 35.0 Å². The number of fused-ring (bicyclic) bond motifs is 2. The lowest BCUT2D eigenvalue weighted by Crippen LogP contribution is -2.24. The van der Waals surface area contributed by atoms with Crippen molar-refractivity contribution in [2.24, 2.45) is 0 Å². The van der Waals surface area contributed by atoms with Crippen molar-refractivity contribution in [2.45, 2.75) is 18.9 Å². The molecule has 32 heavy (non-hydrogen) atoms. The number of likely N-dealkylation sites (tertiary alicyclic amines) is 1. The van der Waals surface area contributed by atoms with Crippen molar-refractivity contribution in [2.75, 3.05) is 13.1 Å². The Hall–Kier alpha value is -3.72. The van der Waals surface area contributed by atoms with Gasteiger partial charge in [0.2, 0.25) is 0 Å². The number of rotatable bonds is 4. The van der Waals surface area contributed by atoms with Crippen LogP contribution in [0.15, 0.2) is 55.0 Å². The fourth-order valence-corrected chi connectivity index (χ4v) is 4.23. The van der Waals surface area contributed by atoms with Crippen molar-refractivity contribution in [3.63, 3.8) is 0 Å². The third-order valence-corrected chi connectivity index (χ3v) is 5.81. The number of H-pyrrole nitrogens is 2. The van der Waals surface area contributed by atoms with E-state index in [1.807, 2.05) is 36.4 Å². The van der Waals surface area contributed by atoms with E-state index in [1.54, 1.807) is 23.5 Å². The number of nitrogens with one attached hydrogen (secondary N) is 2. The lowest BCUT2D eigenvalue weighted by molar-refractivity contribution is 0.0115. The lowest BCUT2D eigenvalue weighted by atomic mass is 10.1. The van der Waals surface area contributed by atoms with Crippen LogP contribution in [0.4, 0.5) is 8.78 Å². The van der Waals surface area contributed by atoms with Gasteiger partial charge in [-0.1, -0.05) is 12.1 Å². The minimum absolute atomic E-state index is 0.0939. The molecule has 1 fully saturated rings. The second-order valence-electron chi connectivity index (χ2n) is 8.19. The Morgan fingerprint density at radius 3 is 2.81 bits per heavy atom. The van der Waals surface area contributed by atoms with Crippen molar-refractivity contribution in [3.05, 3.63) is 60.6 Å². The lowest BCUT2D eigenvalue weighted by Gasteiger charge is -2.15. The zero-order chi connectivity index (χ0) is 21.7. The smallest absolute Gasteiger partial charge is 0.261 e. The highest BCUT2D eigenvalue weighted by molar-refractivity contribution is 5.94. The molecule has 7 nitrogen and oxygen atoms in total. The molecule has 0 amide bonds. The van der Waals surface area contributed by atoms with E-state index in [1.165, 1.54) is 0 Å². The molecule has 0 radical (unpaired) electrons. The zero-order valence-corrected chi connectivity index (χ0v) is 17.0. The number of imidazole rings is 1. The molecule has 0 bridgehead atoms. The Bertz CT molecular complexity index is 1410. The minimum atomic E-state index is -2.61. The first-order valence-electron chi connectivity index (χ1n) is 10.4. The largest absolute Gasteiger partial charge is 0.337 e. The number of hydrogen-bond acceptors (Lipinski definition) is 5. The van der Waals surface area contributed by atoms with Crippen LogP contribution in [0.2, 0.25) is 0 Å². The van der Waals surface area contributed by atoms with E-state index in [9.17, 15) is 8.78 Å². The summed E-state index contributed by atoms with van der Waals surface area (Å²) in [6, 6.07) is 11.7. The maximum atomic E-state index is 13.5. The van der Waals surface area contributed by atoms with Crippen molar-refractivity contribution in [3.8, 4) is 22.8 Å². The molecule has 5 aromatic rings. The summed E-state index contributed by atoms with van der Waals surface area (Å²) in [5.41, 5.74) is 5.77. The van der Waals surface area contributed by atoms with Gasteiger partial charge in [0.25, 0.3) is 5.92 Å². The van der Waals surface area contributed by atoms with Crippen LogP contribution in [0, 0.1) is 0 Å². The highest BCUT2D eigenvalue weighted by atomic mass is 19.3. The molecule has 0 aliphatic carbocycles. The number of alkyl halides is 2. The molecule has 0 saturated carbocycles. The summed E-state index contributed by atoms with van der Waals surface area (Å²) in [5.74, 6) is -1.93. The molecule has 4 aromatic heterocycles. The summed E-state index contributed by atoms with van der Waals surface area (Å²) in [4.78, 5) is 18.6. The molecular formula is C23H19F2N7. The number of hydrogen-bond donors (Lipinski definition) is 2. The summed E-state index contributed by atoms with van der Waals surface area (Å²) in [6.45, 7) is 0.614. The van der Waals surface area contributed by atoms with Crippen LogP contribution in [0.1, 0.15) is 12.0 Å². The van der Waals surface area contributed by atoms with Gasteiger partial charge in [-0.05, 0) is 29.8 Å². The molecular weight excluding hydrogens is 412 g/mol. The average molecular weight is 431 g/mol. The predicted octanol–water partition coefficient (Wildman–Crippen LogP) is 4.40. The topological polar surface area (TPSA) is 86.4 Å². The van der Waals surface area contributed by atoms with E-state index in [-0.39, 0.29) is 13.0 Å². The van der Waals surface area contributed by atoms with Gasteiger partial charge in [0.05, 0.1) is 35.0 Å². The molecule has 1 aliphatic rings. The van der Waals surface area contributed by atoms with Crippen LogP contribution in [0.3, 0.4) is 0 Å². The zero-order valence-electron chi connectivity index (χ0n) is 17.0. The van der Waals surface area contributed by atoms with Crippen LogP contribution in [-0.2, 0) is 6.54 Å². The molecule has 1 saturated heterocycles. The summed E-state index contributed by atoms with van der Waals surface area (Å²) in [5, 5.41) is 8.34. The summed E-state index contributed by atoms with van der Waals surface area (Å²) >= 11 is 0. The second kappa shape index (κ2) is 7.16. The number of para-hydroxylation sites is 2. The van der Waals surface area contributed by atoms with E-state index in [4.69, 9.17) is 0 Å². The number of pyridine rings is 2. The molecule has 1 aliphatic heterocycles. The van der Waals surface area contributed by atoms with E-state index in [0.717, 1.165) is 38.8 Å². The third-order valence-electron chi connectivity index (χ3n) is 5.81. The minimum Gasteiger partial charge on any atom is -0.337 e. The summed E-state index contributed by atoms with van der Waals surface area (Å²) in [7, 11) is 0. The standard InChI is InChI=1S/C23H19F2N7/c24-23(25)5-6-32(13-23)12-14-7-15(10-26-9-14)19-8-16-20(11-27-19)30-31-21(16)22-28-17-3-1-2-4-18(17)29-22/h1-4,7-11H,5-6,12-13H2,(H,28,29)(H,30,31). The average Bonchev–Trinajstić information content (AvgIpc) is 3.49. The number of aromatic nitrogens is 6. The van der Waals surface area contributed by atoms with Gasteiger partial charge in [-0.3, -0.25) is 20.0 Å². The van der Waals surface area contributed by atoms with Gasteiger partial charge in [0.15, 0.2) is 5.82 Å². The molecule has 1 aromatic carbocycles. The van der Waals surface area contributed by atoms with Crippen molar-refractivity contribution < 1.29 is 8.78 Å². The normalized spacial score (nSPS) is 16.3. The maximum absolute atomic E-state index is 13.5. The predicted molar refractivity (Wildman–Crippen MR) is 117 cm³/mol. The van der Waals surface area contributed by atoms with E-state index >= 15 is 0 Å². The molecule has 0 spiro atoms. The molecule has 9 heteroatoms. The number of halogens is 2.